The van der Waals surface area contributed by atoms with Crippen molar-refractivity contribution in [3.63, 3.8) is 0 Å². The van der Waals surface area contributed by atoms with Gasteiger partial charge in [0.15, 0.2) is 0 Å². The molecule has 1 atom stereocenters. The number of ether oxygens (including phenoxy) is 1. The number of hydrogen-bond acceptors (Lipinski definition) is 2. The van der Waals surface area contributed by atoms with Gasteiger partial charge in [-0.2, -0.15) is 0 Å². The molecule has 2 rings (SSSR count). The van der Waals surface area contributed by atoms with Gasteiger partial charge in [-0.3, -0.25) is 0 Å². The van der Waals surface area contributed by atoms with Gasteiger partial charge >= 0.3 is 0 Å². The smallest absolute Gasteiger partial charge is 0.119 e. The first-order chi connectivity index (χ1) is 10.2. The number of hydrogen-bond donors (Lipinski definition) is 1. The van der Waals surface area contributed by atoms with Crippen LogP contribution in [-0.4, -0.2) is 13.2 Å². The van der Waals surface area contributed by atoms with E-state index in [-0.39, 0.29) is 6.04 Å². The lowest BCUT2D eigenvalue weighted by Crippen LogP contribution is -2.23. The lowest BCUT2D eigenvalue weighted by Gasteiger charge is -2.20. The van der Waals surface area contributed by atoms with Crippen molar-refractivity contribution in [2.75, 3.05) is 13.2 Å². The van der Waals surface area contributed by atoms with E-state index in [4.69, 9.17) is 27.9 Å². The second-order valence-electron chi connectivity index (χ2n) is 4.73. The van der Waals surface area contributed by atoms with E-state index in [9.17, 15) is 0 Å². The highest BCUT2D eigenvalue weighted by atomic mass is 35.5. The van der Waals surface area contributed by atoms with Crippen molar-refractivity contribution < 1.29 is 4.74 Å². The fourth-order valence-corrected chi connectivity index (χ4v) is 2.64. The third-order valence-corrected chi connectivity index (χ3v) is 3.78. The second-order valence-corrected chi connectivity index (χ2v) is 5.57. The zero-order valence-electron chi connectivity index (χ0n) is 12.0. The Morgan fingerprint density at radius 1 is 1.10 bits per heavy atom. The maximum absolute atomic E-state index is 6.28. The molecule has 0 bridgehead atoms. The molecule has 0 amide bonds. The lowest BCUT2D eigenvalue weighted by molar-refractivity contribution is 0.287. The summed E-state index contributed by atoms with van der Waals surface area (Å²) in [5.41, 5.74) is 1.02. The van der Waals surface area contributed by atoms with Crippen LogP contribution < -0.4 is 10.1 Å². The van der Waals surface area contributed by atoms with Gasteiger partial charge in [0.25, 0.3) is 0 Å². The lowest BCUT2D eigenvalue weighted by atomic mass is 10.0. The van der Waals surface area contributed by atoms with E-state index in [0.29, 0.717) is 11.6 Å². The summed E-state index contributed by atoms with van der Waals surface area (Å²) >= 11 is 12.4. The highest BCUT2D eigenvalue weighted by Crippen LogP contribution is 2.28. The molecule has 112 valence electrons. The van der Waals surface area contributed by atoms with Crippen LogP contribution in [0.25, 0.3) is 0 Å². The molecule has 1 N–H and O–H groups in total. The standard InChI is InChI=1S/C17H19Cl2NO/c1-2-20-17(15-12-13(18)8-9-16(15)19)10-11-21-14-6-4-3-5-7-14/h3-9,12,17,20H,2,10-11H2,1H3. The van der Waals surface area contributed by atoms with E-state index in [1.807, 2.05) is 42.5 Å². The van der Waals surface area contributed by atoms with Crippen molar-refractivity contribution >= 4 is 23.2 Å². The Kier molecular flexibility index (Phi) is 6.37. The number of para-hydroxylation sites is 1. The highest BCUT2D eigenvalue weighted by molar-refractivity contribution is 6.33. The quantitative estimate of drug-likeness (QED) is 0.764. The van der Waals surface area contributed by atoms with Gasteiger partial charge in [-0.25, -0.2) is 0 Å². The number of halogens is 2. The normalized spacial score (nSPS) is 12.1. The number of nitrogens with one attached hydrogen (secondary N) is 1. The van der Waals surface area contributed by atoms with Gasteiger partial charge in [0, 0.05) is 22.5 Å². The van der Waals surface area contributed by atoms with E-state index in [0.717, 1.165) is 29.3 Å². The Balaban J connectivity index is 2.00. The predicted octanol–water partition coefficient (Wildman–Crippen LogP) is 5.11. The fraction of sp³-hybridized carbons (Fsp3) is 0.294. The molecule has 0 aliphatic rings. The van der Waals surface area contributed by atoms with Gasteiger partial charge in [-0.15, -0.1) is 0 Å². The molecular formula is C17H19Cl2NO. The predicted molar refractivity (Wildman–Crippen MR) is 89.4 cm³/mol. The molecule has 0 aliphatic carbocycles. The van der Waals surface area contributed by atoms with Crippen molar-refractivity contribution in [3.8, 4) is 5.75 Å². The first-order valence-electron chi connectivity index (χ1n) is 7.07. The van der Waals surface area contributed by atoms with Crippen molar-refractivity contribution in [2.45, 2.75) is 19.4 Å². The SMILES string of the molecule is CCNC(CCOc1ccccc1)c1cc(Cl)ccc1Cl. The zero-order valence-corrected chi connectivity index (χ0v) is 13.5. The van der Waals surface area contributed by atoms with Gasteiger partial charge < -0.3 is 10.1 Å². The monoisotopic (exact) mass is 323 g/mol. The van der Waals surface area contributed by atoms with E-state index in [1.165, 1.54) is 0 Å². The van der Waals surface area contributed by atoms with E-state index in [1.54, 1.807) is 6.07 Å². The second kappa shape index (κ2) is 8.28. The summed E-state index contributed by atoms with van der Waals surface area (Å²) in [5.74, 6) is 0.880. The van der Waals surface area contributed by atoms with Crippen LogP contribution in [0.5, 0.6) is 5.75 Å². The molecule has 0 aromatic heterocycles. The number of rotatable bonds is 7. The molecular weight excluding hydrogens is 305 g/mol. The van der Waals surface area contributed by atoms with E-state index in [2.05, 4.69) is 12.2 Å². The zero-order chi connectivity index (χ0) is 15.1. The average molecular weight is 324 g/mol. The van der Waals surface area contributed by atoms with Crippen LogP contribution >= 0.6 is 23.2 Å². The van der Waals surface area contributed by atoms with Gasteiger partial charge in [-0.05, 0) is 42.4 Å². The van der Waals surface area contributed by atoms with Crippen molar-refractivity contribution in [2.24, 2.45) is 0 Å². The van der Waals surface area contributed by atoms with Crippen LogP contribution in [0.15, 0.2) is 48.5 Å². The largest absolute Gasteiger partial charge is 0.494 e. The van der Waals surface area contributed by atoms with Gasteiger partial charge in [0.05, 0.1) is 6.61 Å². The van der Waals surface area contributed by atoms with Crippen LogP contribution in [-0.2, 0) is 0 Å². The van der Waals surface area contributed by atoms with Gasteiger partial charge in [0.2, 0.25) is 0 Å². The van der Waals surface area contributed by atoms with E-state index < -0.39 is 0 Å². The maximum atomic E-state index is 6.28. The molecule has 0 aliphatic heterocycles. The molecule has 21 heavy (non-hydrogen) atoms. The highest BCUT2D eigenvalue weighted by Gasteiger charge is 2.14. The third-order valence-electron chi connectivity index (χ3n) is 3.20. The molecule has 2 aromatic rings. The molecule has 2 aromatic carbocycles. The Morgan fingerprint density at radius 3 is 2.57 bits per heavy atom. The van der Waals surface area contributed by atoms with Crippen LogP contribution in [0.1, 0.15) is 24.9 Å². The minimum absolute atomic E-state index is 0.130. The first kappa shape index (κ1) is 16.2. The Morgan fingerprint density at radius 2 is 1.86 bits per heavy atom. The number of benzene rings is 2. The van der Waals surface area contributed by atoms with Crippen LogP contribution in [0.3, 0.4) is 0 Å². The summed E-state index contributed by atoms with van der Waals surface area (Å²) in [5, 5.41) is 4.85. The van der Waals surface area contributed by atoms with Gasteiger partial charge in [0.1, 0.15) is 5.75 Å². The Bertz CT molecular complexity index is 560. The molecule has 0 spiro atoms. The average Bonchev–Trinajstić information content (AvgIpc) is 2.50. The maximum Gasteiger partial charge on any atom is 0.119 e. The third kappa shape index (κ3) is 4.92. The van der Waals surface area contributed by atoms with Gasteiger partial charge in [-0.1, -0.05) is 48.3 Å². The molecule has 4 heteroatoms. The summed E-state index contributed by atoms with van der Waals surface area (Å²) in [6, 6.07) is 15.5. The summed E-state index contributed by atoms with van der Waals surface area (Å²) in [7, 11) is 0. The summed E-state index contributed by atoms with van der Waals surface area (Å²) in [6.45, 7) is 3.55. The Labute approximate surface area is 136 Å². The molecule has 0 saturated carbocycles. The van der Waals surface area contributed by atoms with Crippen LogP contribution in [0, 0.1) is 0 Å². The minimum atomic E-state index is 0.130. The fourth-order valence-electron chi connectivity index (χ4n) is 2.21. The van der Waals surface area contributed by atoms with E-state index >= 15 is 0 Å². The Hall–Kier alpha value is -1.22. The first-order valence-corrected chi connectivity index (χ1v) is 7.82. The summed E-state index contributed by atoms with van der Waals surface area (Å²) in [6.07, 6.45) is 0.822. The molecule has 1 unspecified atom stereocenters. The molecule has 0 fully saturated rings. The van der Waals surface area contributed by atoms with Crippen molar-refractivity contribution in [3.05, 3.63) is 64.1 Å². The van der Waals surface area contributed by atoms with Crippen molar-refractivity contribution in [1.82, 2.24) is 5.32 Å². The van der Waals surface area contributed by atoms with Crippen LogP contribution in [0.2, 0.25) is 10.0 Å². The molecule has 0 radical (unpaired) electrons. The minimum Gasteiger partial charge on any atom is -0.494 e. The van der Waals surface area contributed by atoms with Crippen molar-refractivity contribution in [1.29, 1.82) is 0 Å². The van der Waals surface area contributed by atoms with Crippen LogP contribution in [0.4, 0.5) is 0 Å². The molecule has 0 heterocycles. The molecule has 0 saturated heterocycles. The summed E-state index contributed by atoms with van der Waals surface area (Å²) < 4.78 is 5.76. The topological polar surface area (TPSA) is 21.3 Å². The summed E-state index contributed by atoms with van der Waals surface area (Å²) in [4.78, 5) is 0. The molecule has 2 nitrogen and oxygen atoms in total.